The van der Waals surface area contributed by atoms with Crippen LogP contribution in [-0.2, 0) is 0 Å². The van der Waals surface area contributed by atoms with Gasteiger partial charge < -0.3 is 5.73 Å². The lowest BCUT2D eigenvalue weighted by Gasteiger charge is -2.37. The van der Waals surface area contributed by atoms with Crippen molar-refractivity contribution in [2.24, 2.45) is 5.73 Å². The number of fused-ring (bicyclic) bond motifs is 1. The lowest BCUT2D eigenvalue weighted by Crippen LogP contribution is -2.44. The highest BCUT2D eigenvalue weighted by molar-refractivity contribution is 5.86. The molecule has 1 atom stereocenters. The lowest BCUT2D eigenvalue weighted by atomic mass is 9.72. The van der Waals surface area contributed by atoms with Crippen molar-refractivity contribution in [3.63, 3.8) is 0 Å². The van der Waals surface area contributed by atoms with Crippen LogP contribution in [0.25, 0.3) is 10.8 Å². The van der Waals surface area contributed by atoms with Crippen molar-refractivity contribution in [1.29, 1.82) is 0 Å². The summed E-state index contributed by atoms with van der Waals surface area (Å²) in [5.41, 5.74) is 8.28. The lowest BCUT2D eigenvalue weighted by molar-refractivity contribution is 0.301. The second-order valence-electron chi connectivity index (χ2n) is 7.62. The summed E-state index contributed by atoms with van der Waals surface area (Å²) in [5, 5.41) is 2.72. The molecule has 0 bridgehead atoms. The SMILES string of the molecule is CCCCCCCCC(c1cccc2ccccc12)C(N)(CC)CC. The quantitative estimate of drug-likeness (QED) is 0.431. The fourth-order valence-electron chi connectivity index (χ4n) is 4.18. The molecule has 2 rings (SSSR count). The molecular weight excluding hydrogens is 302 g/mol. The second-order valence-corrected chi connectivity index (χ2v) is 7.62. The molecule has 0 saturated heterocycles. The largest absolute Gasteiger partial charge is 0.325 e. The average Bonchev–Trinajstić information content (AvgIpc) is 2.66. The summed E-state index contributed by atoms with van der Waals surface area (Å²) >= 11 is 0. The van der Waals surface area contributed by atoms with Crippen molar-refractivity contribution < 1.29 is 0 Å². The Morgan fingerprint density at radius 2 is 1.44 bits per heavy atom. The van der Waals surface area contributed by atoms with Crippen molar-refractivity contribution in [3.05, 3.63) is 48.0 Å². The Morgan fingerprint density at radius 3 is 2.16 bits per heavy atom. The molecule has 1 nitrogen and oxygen atoms in total. The van der Waals surface area contributed by atoms with Crippen LogP contribution < -0.4 is 5.73 Å². The zero-order chi connectivity index (χ0) is 18.1. The fourth-order valence-corrected chi connectivity index (χ4v) is 4.18. The summed E-state index contributed by atoms with van der Waals surface area (Å²) < 4.78 is 0. The highest BCUT2D eigenvalue weighted by Gasteiger charge is 2.33. The number of hydrogen-bond donors (Lipinski definition) is 1. The molecule has 1 unspecified atom stereocenters. The Labute approximate surface area is 155 Å². The smallest absolute Gasteiger partial charge is 0.0218 e. The van der Waals surface area contributed by atoms with Crippen LogP contribution in [0.5, 0.6) is 0 Å². The number of benzene rings is 2. The minimum absolute atomic E-state index is 0.104. The van der Waals surface area contributed by atoms with Gasteiger partial charge in [0.25, 0.3) is 0 Å². The summed E-state index contributed by atoms with van der Waals surface area (Å²) in [6.45, 7) is 6.79. The Bertz CT molecular complexity index is 622. The van der Waals surface area contributed by atoms with Crippen LogP contribution in [0.4, 0.5) is 0 Å². The predicted molar refractivity (Wildman–Crippen MR) is 112 cm³/mol. The zero-order valence-electron chi connectivity index (χ0n) is 16.6. The van der Waals surface area contributed by atoms with Gasteiger partial charge in [0.2, 0.25) is 0 Å². The Kier molecular flexibility index (Phi) is 7.96. The van der Waals surface area contributed by atoms with E-state index in [4.69, 9.17) is 5.73 Å². The second kappa shape index (κ2) is 9.97. The zero-order valence-corrected chi connectivity index (χ0v) is 16.6. The molecule has 0 fully saturated rings. The van der Waals surface area contributed by atoms with Gasteiger partial charge in [0.05, 0.1) is 0 Å². The van der Waals surface area contributed by atoms with E-state index in [1.54, 1.807) is 0 Å². The normalized spacial score (nSPS) is 13.3. The van der Waals surface area contributed by atoms with Gasteiger partial charge in [-0.3, -0.25) is 0 Å². The maximum atomic E-state index is 6.93. The van der Waals surface area contributed by atoms with E-state index in [0.717, 1.165) is 12.8 Å². The molecule has 2 N–H and O–H groups in total. The van der Waals surface area contributed by atoms with E-state index in [9.17, 15) is 0 Å². The van der Waals surface area contributed by atoms with E-state index in [0.29, 0.717) is 5.92 Å². The molecule has 1 heteroatoms. The molecule has 0 radical (unpaired) electrons. The highest BCUT2D eigenvalue weighted by Crippen LogP contribution is 2.39. The van der Waals surface area contributed by atoms with Gasteiger partial charge in [0.1, 0.15) is 0 Å². The first-order chi connectivity index (χ1) is 12.2. The van der Waals surface area contributed by atoms with E-state index in [-0.39, 0.29) is 5.54 Å². The minimum Gasteiger partial charge on any atom is -0.325 e. The van der Waals surface area contributed by atoms with Crippen molar-refractivity contribution in [2.75, 3.05) is 0 Å². The Morgan fingerprint density at radius 1 is 0.800 bits per heavy atom. The van der Waals surface area contributed by atoms with E-state index in [1.165, 1.54) is 61.3 Å². The fraction of sp³-hybridized carbons (Fsp3) is 0.583. The van der Waals surface area contributed by atoms with Gasteiger partial charge in [-0.2, -0.15) is 0 Å². The van der Waals surface area contributed by atoms with Gasteiger partial charge in [0.15, 0.2) is 0 Å². The summed E-state index contributed by atoms with van der Waals surface area (Å²) in [6, 6.07) is 15.5. The van der Waals surface area contributed by atoms with E-state index in [1.807, 2.05) is 0 Å². The van der Waals surface area contributed by atoms with Gasteiger partial charge in [-0.25, -0.2) is 0 Å². The van der Waals surface area contributed by atoms with Gasteiger partial charge in [-0.1, -0.05) is 102 Å². The molecule has 138 valence electrons. The van der Waals surface area contributed by atoms with Crippen molar-refractivity contribution in [2.45, 2.75) is 90.0 Å². The third-order valence-electron chi connectivity index (χ3n) is 6.06. The molecule has 0 spiro atoms. The van der Waals surface area contributed by atoms with Gasteiger partial charge in [-0.05, 0) is 35.6 Å². The van der Waals surface area contributed by atoms with Crippen LogP contribution in [-0.4, -0.2) is 5.54 Å². The average molecular weight is 340 g/mol. The summed E-state index contributed by atoms with van der Waals surface area (Å²) in [4.78, 5) is 0. The maximum Gasteiger partial charge on any atom is 0.0218 e. The van der Waals surface area contributed by atoms with Crippen molar-refractivity contribution >= 4 is 10.8 Å². The Hall–Kier alpha value is -1.34. The van der Waals surface area contributed by atoms with Crippen LogP contribution >= 0.6 is 0 Å². The molecule has 0 aliphatic rings. The third-order valence-corrected chi connectivity index (χ3v) is 6.06. The highest BCUT2D eigenvalue weighted by atomic mass is 14.8. The number of rotatable bonds is 11. The van der Waals surface area contributed by atoms with Crippen LogP contribution in [0.1, 0.15) is 90.0 Å². The molecule has 25 heavy (non-hydrogen) atoms. The number of nitrogens with two attached hydrogens (primary N) is 1. The first kappa shape index (κ1) is 20.0. The van der Waals surface area contributed by atoms with Crippen LogP contribution in [0.3, 0.4) is 0 Å². The van der Waals surface area contributed by atoms with E-state index in [2.05, 4.69) is 63.2 Å². The third kappa shape index (κ3) is 5.07. The summed E-state index contributed by atoms with van der Waals surface area (Å²) in [7, 11) is 0. The summed E-state index contributed by atoms with van der Waals surface area (Å²) in [6.07, 6.45) is 11.3. The van der Waals surface area contributed by atoms with Crippen molar-refractivity contribution in [3.8, 4) is 0 Å². The molecule has 0 heterocycles. The van der Waals surface area contributed by atoms with Gasteiger partial charge >= 0.3 is 0 Å². The molecule has 0 aliphatic heterocycles. The molecule has 2 aromatic carbocycles. The van der Waals surface area contributed by atoms with Crippen LogP contribution in [0.15, 0.2) is 42.5 Å². The Balaban J connectivity index is 2.22. The maximum absolute atomic E-state index is 6.93. The predicted octanol–water partition coefficient (Wildman–Crippen LogP) is 7.19. The first-order valence-electron chi connectivity index (χ1n) is 10.4. The molecule has 2 aromatic rings. The van der Waals surface area contributed by atoms with E-state index < -0.39 is 0 Å². The standard InChI is InChI=1S/C24H37N/c1-4-7-8-9-10-11-19-23(24(25,5-2)6-3)22-18-14-16-20-15-12-13-17-21(20)22/h12-18,23H,4-11,19,25H2,1-3H3. The van der Waals surface area contributed by atoms with E-state index >= 15 is 0 Å². The molecule has 0 saturated carbocycles. The monoisotopic (exact) mass is 339 g/mol. The van der Waals surface area contributed by atoms with Crippen LogP contribution in [0, 0.1) is 0 Å². The topological polar surface area (TPSA) is 26.0 Å². The molecule has 0 aliphatic carbocycles. The van der Waals surface area contributed by atoms with Crippen LogP contribution in [0.2, 0.25) is 0 Å². The summed E-state index contributed by atoms with van der Waals surface area (Å²) in [5.74, 6) is 0.444. The molecule has 0 amide bonds. The molecule has 0 aromatic heterocycles. The van der Waals surface area contributed by atoms with Crippen molar-refractivity contribution in [1.82, 2.24) is 0 Å². The number of hydrogen-bond acceptors (Lipinski definition) is 1. The van der Waals surface area contributed by atoms with Gasteiger partial charge in [-0.15, -0.1) is 0 Å². The molecular formula is C24H37N. The minimum atomic E-state index is -0.104. The van der Waals surface area contributed by atoms with Gasteiger partial charge in [0, 0.05) is 11.5 Å². The number of unbranched alkanes of at least 4 members (excludes halogenated alkanes) is 5. The first-order valence-corrected chi connectivity index (χ1v) is 10.4.